The first-order chi connectivity index (χ1) is 16.1. The Labute approximate surface area is 195 Å². The van der Waals surface area contributed by atoms with Gasteiger partial charge in [-0.25, -0.2) is 9.79 Å². The highest BCUT2D eigenvalue weighted by molar-refractivity contribution is 6.17. The predicted octanol–water partition coefficient (Wildman–Crippen LogP) is 5.60. The molecule has 33 heavy (non-hydrogen) atoms. The summed E-state index contributed by atoms with van der Waals surface area (Å²) in [5.74, 6) is -0.191. The summed E-state index contributed by atoms with van der Waals surface area (Å²) in [7, 11) is 0. The molecule has 0 bridgehead atoms. The maximum absolute atomic E-state index is 13.3. The molecule has 0 saturated heterocycles. The van der Waals surface area contributed by atoms with Gasteiger partial charge in [-0.2, -0.15) is 0 Å². The van der Waals surface area contributed by atoms with Gasteiger partial charge in [-0.15, -0.1) is 0 Å². The minimum atomic E-state index is -0.435. The van der Waals surface area contributed by atoms with Crippen LogP contribution in [0.4, 0.5) is 0 Å². The molecule has 0 amide bonds. The Bertz CT molecular complexity index is 995. The van der Waals surface area contributed by atoms with Crippen molar-refractivity contribution in [3.63, 3.8) is 0 Å². The van der Waals surface area contributed by atoms with Crippen LogP contribution in [0.1, 0.15) is 63.0 Å². The Morgan fingerprint density at radius 3 is 2.12 bits per heavy atom. The minimum Gasteiger partial charge on any atom is -0.466 e. The summed E-state index contributed by atoms with van der Waals surface area (Å²) in [6, 6.07) is 19.8. The van der Waals surface area contributed by atoms with Crippen molar-refractivity contribution in [1.82, 2.24) is 0 Å². The molecule has 1 fully saturated rings. The van der Waals surface area contributed by atoms with E-state index in [1.54, 1.807) is 6.92 Å². The summed E-state index contributed by atoms with van der Waals surface area (Å²) in [5.41, 5.74) is 2.95. The molecular weight excluding hydrogens is 414 g/mol. The highest BCUT2D eigenvalue weighted by Gasteiger charge is 2.39. The van der Waals surface area contributed by atoms with E-state index in [9.17, 15) is 9.59 Å². The molecule has 5 heteroatoms. The number of hydrogen-bond acceptors (Lipinski definition) is 5. The van der Waals surface area contributed by atoms with E-state index in [1.807, 2.05) is 60.7 Å². The molecular formula is C28H31NO4. The standard InChI is InChI=1S/C28H31NO4/c1-3-32-24(30)18-23-26(28(31)33-27(23)29-22-16-14-19(2)15-17-22)25(20-10-6-4-7-11-20)21-12-8-5-9-13-21/h4-13,19,22,25H,3,14-18H2,1-2H3. The molecule has 2 aromatic rings. The van der Waals surface area contributed by atoms with Gasteiger partial charge in [-0.05, 0) is 49.7 Å². The zero-order chi connectivity index (χ0) is 23.2. The second kappa shape index (κ2) is 10.6. The molecule has 1 aliphatic heterocycles. The molecule has 2 aliphatic rings. The van der Waals surface area contributed by atoms with E-state index in [2.05, 4.69) is 6.92 Å². The molecule has 0 unspecified atom stereocenters. The first-order valence-electron chi connectivity index (χ1n) is 11.9. The van der Waals surface area contributed by atoms with Crippen LogP contribution in [0, 0.1) is 5.92 Å². The molecule has 0 atom stereocenters. The van der Waals surface area contributed by atoms with Crippen LogP contribution in [0.2, 0.25) is 0 Å². The Morgan fingerprint density at radius 2 is 1.58 bits per heavy atom. The highest BCUT2D eigenvalue weighted by Crippen LogP contribution is 2.39. The number of benzene rings is 2. The van der Waals surface area contributed by atoms with Crippen molar-refractivity contribution in [2.24, 2.45) is 10.9 Å². The molecule has 172 valence electrons. The summed E-state index contributed by atoms with van der Waals surface area (Å²) >= 11 is 0. The predicted molar refractivity (Wildman–Crippen MR) is 128 cm³/mol. The third-order valence-electron chi connectivity index (χ3n) is 6.46. The van der Waals surface area contributed by atoms with Crippen molar-refractivity contribution in [3.05, 3.63) is 82.9 Å². The van der Waals surface area contributed by atoms with E-state index in [0.29, 0.717) is 23.0 Å². The van der Waals surface area contributed by atoms with Crippen LogP contribution < -0.4 is 0 Å². The van der Waals surface area contributed by atoms with E-state index in [1.165, 1.54) is 0 Å². The molecule has 1 heterocycles. The van der Waals surface area contributed by atoms with Gasteiger partial charge in [0.05, 0.1) is 24.6 Å². The van der Waals surface area contributed by atoms with Crippen molar-refractivity contribution < 1.29 is 19.1 Å². The Morgan fingerprint density at radius 1 is 1.00 bits per heavy atom. The second-order valence-corrected chi connectivity index (χ2v) is 8.87. The monoisotopic (exact) mass is 445 g/mol. The average Bonchev–Trinajstić information content (AvgIpc) is 3.11. The SMILES string of the molecule is CCOC(=O)CC1=C(C(c2ccccc2)c2ccccc2)C(=O)OC1=NC1CCC(C)CC1. The molecule has 5 nitrogen and oxygen atoms in total. The third-order valence-corrected chi connectivity index (χ3v) is 6.46. The average molecular weight is 446 g/mol. The smallest absolute Gasteiger partial charge is 0.342 e. The fourth-order valence-electron chi connectivity index (χ4n) is 4.72. The quantitative estimate of drug-likeness (QED) is 0.520. The van der Waals surface area contributed by atoms with Gasteiger partial charge >= 0.3 is 11.9 Å². The zero-order valence-electron chi connectivity index (χ0n) is 19.3. The lowest BCUT2D eigenvalue weighted by Gasteiger charge is -2.23. The van der Waals surface area contributed by atoms with Crippen molar-refractivity contribution in [3.8, 4) is 0 Å². The van der Waals surface area contributed by atoms with Gasteiger partial charge in [0.15, 0.2) is 0 Å². The van der Waals surface area contributed by atoms with E-state index in [0.717, 1.165) is 36.8 Å². The molecule has 1 saturated carbocycles. The highest BCUT2D eigenvalue weighted by atomic mass is 16.6. The van der Waals surface area contributed by atoms with Crippen molar-refractivity contribution in [2.45, 2.75) is 57.9 Å². The number of esters is 2. The van der Waals surface area contributed by atoms with Crippen LogP contribution in [-0.4, -0.2) is 30.5 Å². The van der Waals surface area contributed by atoms with Gasteiger partial charge in [0.1, 0.15) is 0 Å². The molecule has 1 aliphatic carbocycles. The van der Waals surface area contributed by atoms with Crippen LogP contribution >= 0.6 is 0 Å². The number of hydrogen-bond donors (Lipinski definition) is 0. The first-order valence-corrected chi connectivity index (χ1v) is 11.9. The third kappa shape index (κ3) is 5.41. The Kier molecular flexibility index (Phi) is 7.38. The number of rotatable bonds is 7. The van der Waals surface area contributed by atoms with Crippen molar-refractivity contribution in [1.29, 1.82) is 0 Å². The number of ether oxygens (including phenoxy) is 2. The van der Waals surface area contributed by atoms with Gasteiger partial charge in [0, 0.05) is 11.5 Å². The topological polar surface area (TPSA) is 65.0 Å². The number of nitrogens with zero attached hydrogens (tertiary/aromatic N) is 1. The zero-order valence-corrected chi connectivity index (χ0v) is 19.3. The molecule has 0 spiro atoms. The normalized spacial score (nSPS) is 22.0. The van der Waals surface area contributed by atoms with E-state index >= 15 is 0 Å². The van der Waals surface area contributed by atoms with Crippen molar-refractivity contribution in [2.75, 3.05) is 6.61 Å². The number of cyclic esters (lactones) is 1. The minimum absolute atomic E-state index is 0.0347. The van der Waals surface area contributed by atoms with Crippen LogP contribution in [0.3, 0.4) is 0 Å². The molecule has 0 N–H and O–H groups in total. The summed E-state index contributed by atoms with van der Waals surface area (Å²) < 4.78 is 11.0. The Balaban J connectivity index is 1.82. The van der Waals surface area contributed by atoms with Gasteiger partial charge in [-0.1, -0.05) is 67.6 Å². The number of carbonyl (C=O) groups is 2. The van der Waals surface area contributed by atoms with Gasteiger partial charge in [0.2, 0.25) is 5.90 Å². The second-order valence-electron chi connectivity index (χ2n) is 8.87. The maximum atomic E-state index is 13.3. The summed E-state index contributed by atoms with van der Waals surface area (Å²) in [6.45, 7) is 4.32. The molecule has 0 aromatic heterocycles. The van der Waals surface area contributed by atoms with Gasteiger partial charge in [-0.3, -0.25) is 4.79 Å². The summed E-state index contributed by atoms with van der Waals surface area (Å²) in [5, 5.41) is 0. The summed E-state index contributed by atoms with van der Waals surface area (Å²) in [6.07, 6.45) is 4.11. The number of aliphatic imine (C=N–C) groups is 1. The van der Waals surface area contributed by atoms with Crippen LogP contribution in [0.25, 0.3) is 0 Å². The first kappa shape index (κ1) is 23.0. The van der Waals surface area contributed by atoms with E-state index in [-0.39, 0.29) is 31.0 Å². The fraction of sp³-hybridized carbons (Fsp3) is 0.393. The number of carbonyl (C=O) groups excluding carboxylic acids is 2. The fourth-order valence-corrected chi connectivity index (χ4v) is 4.72. The summed E-state index contributed by atoms with van der Waals surface area (Å²) in [4.78, 5) is 30.7. The van der Waals surface area contributed by atoms with Gasteiger partial charge < -0.3 is 9.47 Å². The van der Waals surface area contributed by atoms with E-state index < -0.39 is 5.97 Å². The van der Waals surface area contributed by atoms with Crippen LogP contribution in [0.15, 0.2) is 76.8 Å². The molecule has 2 aromatic carbocycles. The van der Waals surface area contributed by atoms with Crippen molar-refractivity contribution >= 4 is 17.8 Å². The van der Waals surface area contributed by atoms with Crippen LogP contribution in [-0.2, 0) is 19.1 Å². The van der Waals surface area contributed by atoms with Gasteiger partial charge in [0.25, 0.3) is 0 Å². The largest absolute Gasteiger partial charge is 0.466 e. The lowest BCUT2D eigenvalue weighted by Crippen LogP contribution is -2.19. The lowest BCUT2D eigenvalue weighted by atomic mass is 9.82. The van der Waals surface area contributed by atoms with E-state index in [4.69, 9.17) is 14.5 Å². The molecule has 0 radical (unpaired) electrons. The lowest BCUT2D eigenvalue weighted by molar-refractivity contribution is -0.142. The Hall–Kier alpha value is -3.21. The van der Waals surface area contributed by atoms with Crippen LogP contribution in [0.5, 0.6) is 0 Å². The maximum Gasteiger partial charge on any atom is 0.342 e. The molecule has 4 rings (SSSR count).